The Balaban J connectivity index is 1.57. The summed E-state index contributed by atoms with van der Waals surface area (Å²) in [4.78, 5) is 4.12. The summed E-state index contributed by atoms with van der Waals surface area (Å²) in [5.74, 6) is 0.711. The zero-order valence-electron chi connectivity index (χ0n) is 10.5. The smallest absolute Gasteiger partial charge is 0.372 e. The van der Waals surface area contributed by atoms with Crippen LogP contribution in [0.3, 0.4) is 0 Å². The lowest BCUT2D eigenvalue weighted by Crippen LogP contribution is -2.18. The van der Waals surface area contributed by atoms with Gasteiger partial charge in [-0.15, -0.1) is 0 Å². The van der Waals surface area contributed by atoms with Crippen LogP contribution in [-0.4, -0.2) is 40.2 Å². The second-order valence-corrected chi connectivity index (χ2v) is 4.60. The lowest BCUT2D eigenvalue weighted by molar-refractivity contribution is -0.174. The fourth-order valence-corrected chi connectivity index (χ4v) is 1.56. The Morgan fingerprint density at radius 2 is 2.21 bits per heavy atom. The first-order valence-corrected chi connectivity index (χ1v) is 6.29. The Morgan fingerprint density at radius 3 is 2.89 bits per heavy atom. The third-order valence-electron chi connectivity index (χ3n) is 2.65. The van der Waals surface area contributed by atoms with E-state index >= 15 is 0 Å². The Labute approximate surface area is 109 Å². The number of rotatable bonds is 8. The maximum absolute atomic E-state index is 11.8. The van der Waals surface area contributed by atoms with E-state index < -0.39 is 12.8 Å². The first-order valence-electron chi connectivity index (χ1n) is 6.29. The highest BCUT2D eigenvalue weighted by Crippen LogP contribution is 2.18. The molecule has 1 aliphatic carbocycles. The highest BCUT2D eigenvalue weighted by molar-refractivity contribution is 4.86. The van der Waals surface area contributed by atoms with Gasteiger partial charge in [0, 0.05) is 19.2 Å². The molecule has 0 saturated heterocycles. The van der Waals surface area contributed by atoms with Crippen LogP contribution in [0.5, 0.6) is 0 Å². The normalized spacial score (nSPS) is 15.9. The summed E-state index contributed by atoms with van der Waals surface area (Å²) in [6.45, 7) is 0.0203. The van der Waals surface area contributed by atoms with E-state index in [4.69, 9.17) is 0 Å². The van der Waals surface area contributed by atoms with E-state index in [9.17, 15) is 13.2 Å². The van der Waals surface area contributed by atoms with E-state index in [2.05, 4.69) is 20.1 Å². The van der Waals surface area contributed by atoms with E-state index in [1.807, 2.05) is 0 Å². The fourth-order valence-electron chi connectivity index (χ4n) is 1.56. The molecule has 8 heteroatoms. The molecule has 1 N–H and O–H groups in total. The van der Waals surface area contributed by atoms with Gasteiger partial charge < -0.3 is 10.1 Å². The number of alkyl halides is 3. The molecule has 0 spiro atoms. The molecule has 0 aliphatic heterocycles. The van der Waals surface area contributed by atoms with Gasteiger partial charge in [-0.25, -0.2) is 4.98 Å². The average Bonchev–Trinajstić information content (AvgIpc) is 3.05. The molecule has 19 heavy (non-hydrogen) atoms. The lowest BCUT2D eigenvalue weighted by atomic mass is 10.4. The predicted molar refractivity (Wildman–Crippen MR) is 61.4 cm³/mol. The van der Waals surface area contributed by atoms with Gasteiger partial charge in [-0.3, -0.25) is 4.68 Å². The molecule has 108 valence electrons. The van der Waals surface area contributed by atoms with Crippen LogP contribution in [0.2, 0.25) is 0 Å². The number of halogens is 3. The number of hydrogen-bond acceptors (Lipinski definition) is 4. The Hall–Kier alpha value is -1.15. The molecule has 0 unspecified atom stereocenters. The van der Waals surface area contributed by atoms with E-state index in [1.165, 1.54) is 12.8 Å². The van der Waals surface area contributed by atoms with Gasteiger partial charge in [0.05, 0.1) is 6.54 Å². The Bertz CT molecular complexity index is 390. The summed E-state index contributed by atoms with van der Waals surface area (Å²) in [6, 6.07) is 0.600. The van der Waals surface area contributed by atoms with Crippen molar-refractivity contribution in [2.24, 2.45) is 0 Å². The van der Waals surface area contributed by atoms with Gasteiger partial charge in [0.1, 0.15) is 12.9 Å². The van der Waals surface area contributed by atoms with Gasteiger partial charge in [-0.2, -0.15) is 18.3 Å². The van der Waals surface area contributed by atoms with Gasteiger partial charge in [0.15, 0.2) is 5.82 Å². The van der Waals surface area contributed by atoms with E-state index in [0.717, 1.165) is 0 Å². The fraction of sp³-hybridized carbons (Fsp3) is 0.818. The van der Waals surface area contributed by atoms with Crippen molar-refractivity contribution >= 4 is 0 Å². The van der Waals surface area contributed by atoms with Crippen molar-refractivity contribution in [2.45, 2.75) is 44.6 Å². The maximum atomic E-state index is 11.8. The minimum Gasteiger partial charge on any atom is -0.372 e. The van der Waals surface area contributed by atoms with Crippen LogP contribution in [0.15, 0.2) is 6.33 Å². The number of nitrogens with zero attached hydrogens (tertiary/aromatic N) is 3. The quantitative estimate of drug-likeness (QED) is 0.732. The topological polar surface area (TPSA) is 52.0 Å². The van der Waals surface area contributed by atoms with Crippen LogP contribution in [-0.2, 0) is 17.8 Å². The monoisotopic (exact) mass is 278 g/mol. The molecule has 1 heterocycles. The summed E-state index contributed by atoms with van der Waals surface area (Å²) in [6.07, 6.45) is 0.228. The number of hydrogen-bond donors (Lipinski definition) is 1. The van der Waals surface area contributed by atoms with Crippen LogP contribution < -0.4 is 5.32 Å². The molecule has 5 nitrogen and oxygen atoms in total. The molecule has 1 saturated carbocycles. The lowest BCUT2D eigenvalue weighted by Gasteiger charge is -2.07. The minimum atomic E-state index is -4.26. The van der Waals surface area contributed by atoms with Crippen molar-refractivity contribution in [1.82, 2.24) is 20.1 Å². The van der Waals surface area contributed by atoms with Gasteiger partial charge in [0.25, 0.3) is 0 Å². The minimum absolute atomic E-state index is 0.0645. The van der Waals surface area contributed by atoms with E-state index in [0.29, 0.717) is 31.4 Å². The molecular formula is C11H17F3N4O. The SMILES string of the molecule is FC(F)(F)COCCCn1cnc(CNC2CC2)n1. The standard InChI is InChI=1S/C11H17F3N4O/c12-11(13,14)7-19-5-1-4-18-8-16-10(17-18)6-15-9-2-3-9/h8-9,15H,1-7H2. The van der Waals surface area contributed by atoms with Gasteiger partial charge in [0.2, 0.25) is 0 Å². The first kappa shape index (κ1) is 14.3. The molecule has 1 aromatic rings. The molecule has 0 radical (unpaired) electrons. The second-order valence-electron chi connectivity index (χ2n) is 4.60. The van der Waals surface area contributed by atoms with Crippen molar-refractivity contribution in [3.05, 3.63) is 12.2 Å². The van der Waals surface area contributed by atoms with Crippen molar-refractivity contribution in [1.29, 1.82) is 0 Å². The van der Waals surface area contributed by atoms with Gasteiger partial charge in [-0.1, -0.05) is 0 Å². The summed E-state index contributed by atoms with van der Waals surface area (Å²) in [5, 5.41) is 7.51. The summed E-state index contributed by atoms with van der Waals surface area (Å²) >= 11 is 0. The second kappa shape index (κ2) is 6.33. The van der Waals surface area contributed by atoms with Gasteiger partial charge in [-0.05, 0) is 19.3 Å². The molecule has 0 bridgehead atoms. The zero-order chi connectivity index (χ0) is 13.7. The molecule has 0 atom stereocenters. The third kappa shape index (κ3) is 6.02. The Morgan fingerprint density at radius 1 is 1.42 bits per heavy atom. The average molecular weight is 278 g/mol. The molecule has 1 aliphatic rings. The number of aryl methyl sites for hydroxylation is 1. The molecular weight excluding hydrogens is 261 g/mol. The highest BCUT2D eigenvalue weighted by atomic mass is 19.4. The Kier molecular flexibility index (Phi) is 4.76. The molecule has 0 aromatic carbocycles. The number of nitrogens with one attached hydrogen (secondary N) is 1. The van der Waals surface area contributed by atoms with Crippen molar-refractivity contribution in [2.75, 3.05) is 13.2 Å². The third-order valence-corrected chi connectivity index (χ3v) is 2.65. The summed E-state index contributed by atoms with van der Waals surface area (Å²) < 4.78 is 41.6. The molecule has 2 rings (SSSR count). The molecule has 1 fully saturated rings. The van der Waals surface area contributed by atoms with Crippen LogP contribution >= 0.6 is 0 Å². The maximum Gasteiger partial charge on any atom is 0.411 e. The first-order chi connectivity index (χ1) is 9.03. The van der Waals surface area contributed by atoms with Crippen LogP contribution in [0, 0.1) is 0 Å². The molecule has 1 aromatic heterocycles. The van der Waals surface area contributed by atoms with Crippen LogP contribution in [0.25, 0.3) is 0 Å². The number of ether oxygens (including phenoxy) is 1. The van der Waals surface area contributed by atoms with Crippen LogP contribution in [0.4, 0.5) is 13.2 Å². The zero-order valence-corrected chi connectivity index (χ0v) is 10.5. The largest absolute Gasteiger partial charge is 0.411 e. The highest BCUT2D eigenvalue weighted by Gasteiger charge is 2.27. The van der Waals surface area contributed by atoms with Crippen LogP contribution in [0.1, 0.15) is 25.1 Å². The van der Waals surface area contributed by atoms with Crippen molar-refractivity contribution < 1.29 is 17.9 Å². The predicted octanol–water partition coefficient (Wildman–Crippen LogP) is 1.50. The summed E-state index contributed by atoms with van der Waals surface area (Å²) in [7, 11) is 0. The number of aromatic nitrogens is 3. The van der Waals surface area contributed by atoms with E-state index in [1.54, 1.807) is 11.0 Å². The summed E-state index contributed by atoms with van der Waals surface area (Å²) in [5.41, 5.74) is 0. The van der Waals surface area contributed by atoms with Gasteiger partial charge >= 0.3 is 6.18 Å². The van der Waals surface area contributed by atoms with Crippen molar-refractivity contribution in [3.63, 3.8) is 0 Å². The van der Waals surface area contributed by atoms with Crippen molar-refractivity contribution in [3.8, 4) is 0 Å². The molecule has 0 amide bonds. The van der Waals surface area contributed by atoms with E-state index in [-0.39, 0.29) is 6.61 Å².